The highest BCUT2D eigenvalue weighted by Gasteiger charge is 2.35. The Morgan fingerprint density at radius 3 is 2.90 bits per heavy atom. The van der Waals surface area contributed by atoms with Crippen LogP contribution >= 0.6 is 11.8 Å². The molecule has 0 N–H and O–H groups in total. The zero-order chi connectivity index (χ0) is 14.8. The Morgan fingerprint density at radius 1 is 1.55 bits per heavy atom. The molecule has 0 saturated carbocycles. The molecular weight excluding hydrogens is 270 g/mol. The lowest BCUT2D eigenvalue weighted by Crippen LogP contribution is -2.46. The smallest absolute Gasteiger partial charge is 0.229 e. The molecule has 1 aromatic rings. The Balaban J connectivity index is 2.07. The summed E-state index contributed by atoms with van der Waals surface area (Å²) in [4.78, 5) is 19.2. The van der Waals surface area contributed by atoms with Crippen molar-refractivity contribution in [2.24, 2.45) is 12.5 Å². The molecule has 0 bridgehead atoms. The lowest BCUT2D eigenvalue weighted by atomic mass is 9.90. The minimum atomic E-state index is -0.275. The Labute approximate surface area is 125 Å². The Kier molecular flexibility index (Phi) is 4.78. The van der Waals surface area contributed by atoms with Gasteiger partial charge in [0.25, 0.3) is 0 Å². The SMILES string of the molecule is CSCC(C)(C)C(=O)N1CCC[C@H](c2nccn2C)C1. The van der Waals surface area contributed by atoms with E-state index in [4.69, 9.17) is 0 Å². The standard InChI is InChI=1S/C15H25N3OS/c1-15(2,11-20-4)14(19)18-8-5-6-12(10-18)13-16-7-9-17(13)3/h7,9,12H,5-6,8,10-11H2,1-4H3/t12-/m0/s1. The predicted octanol–water partition coefficient (Wildman–Crippen LogP) is 2.52. The second-order valence-electron chi connectivity index (χ2n) is 6.30. The minimum absolute atomic E-state index is 0.275. The van der Waals surface area contributed by atoms with Crippen LogP contribution in [0.5, 0.6) is 0 Å². The van der Waals surface area contributed by atoms with E-state index in [0.717, 1.165) is 37.5 Å². The third-order valence-corrected chi connectivity index (χ3v) is 5.03. The molecule has 0 aromatic carbocycles. The van der Waals surface area contributed by atoms with E-state index in [2.05, 4.69) is 29.7 Å². The maximum Gasteiger partial charge on any atom is 0.229 e. The van der Waals surface area contributed by atoms with E-state index < -0.39 is 0 Å². The highest BCUT2D eigenvalue weighted by Crippen LogP contribution is 2.30. The van der Waals surface area contributed by atoms with Crippen molar-refractivity contribution >= 4 is 17.7 Å². The molecule has 1 aliphatic heterocycles. The van der Waals surface area contributed by atoms with Crippen LogP contribution in [0.15, 0.2) is 12.4 Å². The van der Waals surface area contributed by atoms with Crippen LogP contribution in [0.4, 0.5) is 0 Å². The zero-order valence-corrected chi connectivity index (χ0v) is 13.7. The van der Waals surface area contributed by atoms with Crippen molar-refractivity contribution in [3.05, 3.63) is 18.2 Å². The summed E-state index contributed by atoms with van der Waals surface area (Å²) in [5, 5.41) is 0. The van der Waals surface area contributed by atoms with Crippen molar-refractivity contribution in [2.75, 3.05) is 25.1 Å². The van der Waals surface area contributed by atoms with E-state index in [0.29, 0.717) is 5.92 Å². The first kappa shape index (κ1) is 15.4. The molecule has 0 aliphatic carbocycles. The molecule has 1 saturated heterocycles. The summed E-state index contributed by atoms with van der Waals surface area (Å²) in [6.45, 7) is 5.80. The van der Waals surface area contributed by atoms with Gasteiger partial charge in [0.15, 0.2) is 0 Å². The van der Waals surface area contributed by atoms with Gasteiger partial charge in [-0.3, -0.25) is 4.79 Å². The lowest BCUT2D eigenvalue weighted by Gasteiger charge is -2.37. The summed E-state index contributed by atoms with van der Waals surface area (Å²) in [5.41, 5.74) is -0.275. The summed E-state index contributed by atoms with van der Waals surface area (Å²) < 4.78 is 2.08. The number of hydrogen-bond acceptors (Lipinski definition) is 3. The second-order valence-corrected chi connectivity index (χ2v) is 7.17. The zero-order valence-electron chi connectivity index (χ0n) is 12.9. The monoisotopic (exact) mass is 295 g/mol. The molecule has 112 valence electrons. The fourth-order valence-electron chi connectivity index (χ4n) is 2.99. The van der Waals surface area contributed by atoms with Crippen LogP contribution in [0, 0.1) is 5.41 Å². The van der Waals surface area contributed by atoms with Crippen molar-refractivity contribution in [1.29, 1.82) is 0 Å². The van der Waals surface area contributed by atoms with Gasteiger partial charge in [-0.1, -0.05) is 13.8 Å². The number of thioether (sulfide) groups is 1. The van der Waals surface area contributed by atoms with Gasteiger partial charge in [0.2, 0.25) is 5.91 Å². The van der Waals surface area contributed by atoms with Crippen LogP contribution in [-0.4, -0.2) is 45.5 Å². The molecule has 0 radical (unpaired) electrons. The highest BCUT2D eigenvalue weighted by molar-refractivity contribution is 7.98. The summed E-state index contributed by atoms with van der Waals surface area (Å²) in [6, 6.07) is 0. The third-order valence-electron chi connectivity index (χ3n) is 4.02. The number of nitrogens with zero attached hydrogens (tertiary/aromatic N) is 3. The number of aromatic nitrogens is 2. The van der Waals surface area contributed by atoms with Gasteiger partial charge in [0, 0.05) is 44.2 Å². The van der Waals surface area contributed by atoms with Crippen LogP contribution in [0.25, 0.3) is 0 Å². The molecule has 1 aromatic heterocycles. The van der Waals surface area contributed by atoms with E-state index in [1.807, 2.05) is 24.3 Å². The summed E-state index contributed by atoms with van der Waals surface area (Å²) in [5.74, 6) is 2.63. The van der Waals surface area contributed by atoms with Gasteiger partial charge < -0.3 is 9.47 Å². The van der Waals surface area contributed by atoms with Crippen molar-refractivity contribution < 1.29 is 4.79 Å². The van der Waals surface area contributed by atoms with E-state index >= 15 is 0 Å². The Hall–Kier alpha value is -0.970. The van der Waals surface area contributed by atoms with E-state index in [9.17, 15) is 4.79 Å². The van der Waals surface area contributed by atoms with Crippen molar-refractivity contribution in [3.63, 3.8) is 0 Å². The molecule has 1 fully saturated rings. The number of hydrogen-bond donors (Lipinski definition) is 0. The van der Waals surface area contributed by atoms with Gasteiger partial charge in [0.1, 0.15) is 5.82 Å². The summed E-state index contributed by atoms with van der Waals surface area (Å²) in [7, 11) is 2.03. The van der Waals surface area contributed by atoms with Crippen LogP contribution in [0.1, 0.15) is 38.4 Å². The summed E-state index contributed by atoms with van der Waals surface area (Å²) in [6.07, 6.45) is 8.07. The van der Waals surface area contributed by atoms with Crippen molar-refractivity contribution in [1.82, 2.24) is 14.5 Å². The average molecular weight is 295 g/mol. The molecule has 1 aliphatic rings. The summed E-state index contributed by atoms with van der Waals surface area (Å²) >= 11 is 1.74. The molecule has 1 amide bonds. The topological polar surface area (TPSA) is 38.1 Å². The quantitative estimate of drug-likeness (QED) is 0.856. The predicted molar refractivity (Wildman–Crippen MR) is 83.9 cm³/mol. The first-order chi connectivity index (χ1) is 9.45. The van der Waals surface area contributed by atoms with Gasteiger partial charge in [-0.15, -0.1) is 0 Å². The first-order valence-corrected chi connectivity index (χ1v) is 8.60. The number of carbonyl (C=O) groups is 1. The van der Waals surface area contributed by atoms with Crippen LogP contribution in [0.3, 0.4) is 0 Å². The third kappa shape index (κ3) is 3.19. The molecule has 1 atom stereocenters. The molecule has 2 heterocycles. The fourth-order valence-corrected chi connectivity index (χ4v) is 3.84. The molecular formula is C15H25N3OS. The van der Waals surface area contributed by atoms with E-state index in [-0.39, 0.29) is 11.3 Å². The number of amides is 1. The number of imidazole rings is 1. The fraction of sp³-hybridized carbons (Fsp3) is 0.733. The minimum Gasteiger partial charge on any atom is -0.341 e. The maximum atomic E-state index is 12.7. The number of piperidine rings is 1. The normalized spacial score (nSPS) is 20.2. The second kappa shape index (κ2) is 6.20. The molecule has 2 rings (SSSR count). The van der Waals surface area contributed by atoms with Crippen LogP contribution < -0.4 is 0 Å². The first-order valence-electron chi connectivity index (χ1n) is 7.21. The Morgan fingerprint density at radius 2 is 2.30 bits per heavy atom. The van der Waals surface area contributed by atoms with Crippen LogP contribution in [-0.2, 0) is 11.8 Å². The highest BCUT2D eigenvalue weighted by atomic mass is 32.2. The number of carbonyl (C=O) groups excluding carboxylic acids is 1. The average Bonchev–Trinajstić information content (AvgIpc) is 2.84. The van der Waals surface area contributed by atoms with Gasteiger partial charge in [-0.05, 0) is 19.1 Å². The van der Waals surface area contributed by atoms with Crippen molar-refractivity contribution in [2.45, 2.75) is 32.6 Å². The molecule has 4 nitrogen and oxygen atoms in total. The number of aryl methyl sites for hydroxylation is 1. The van der Waals surface area contributed by atoms with Gasteiger partial charge in [-0.2, -0.15) is 11.8 Å². The van der Waals surface area contributed by atoms with Gasteiger partial charge >= 0.3 is 0 Å². The molecule has 5 heteroatoms. The number of rotatable bonds is 4. The molecule has 0 spiro atoms. The van der Waals surface area contributed by atoms with Crippen molar-refractivity contribution in [3.8, 4) is 0 Å². The van der Waals surface area contributed by atoms with Gasteiger partial charge in [0.05, 0.1) is 5.41 Å². The van der Waals surface area contributed by atoms with Crippen LogP contribution in [0.2, 0.25) is 0 Å². The lowest BCUT2D eigenvalue weighted by molar-refractivity contribution is -0.140. The molecule has 0 unspecified atom stereocenters. The molecule has 20 heavy (non-hydrogen) atoms. The van der Waals surface area contributed by atoms with E-state index in [1.54, 1.807) is 11.8 Å². The maximum absolute atomic E-state index is 12.7. The largest absolute Gasteiger partial charge is 0.341 e. The van der Waals surface area contributed by atoms with E-state index in [1.165, 1.54) is 0 Å². The van der Waals surface area contributed by atoms with Gasteiger partial charge in [-0.25, -0.2) is 4.98 Å². The number of likely N-dealkylation sites (tertiary alicyclic amines) is 1. The Bertz CT molecular complexity index is 469.